The van der Waals surface area contributed by atoms with Gasteiger partial charge in [0.25, 0.3) is 0 Å². The average Bonchev–Trinajstić information content (AvgIpc) is 2.88. The average molecular weight is 518 g/mol. The standard InChI is InChI=1S/C22H23ClFN3O2.C6H14O/c1-13-6-8-14(9-7-13)29-20-10-15-18(11-19(20)28-2)25-12-26-22(15)27-17-5-3-4-16(23)21(17)24;1-3-5-6(7)4-2/h3-5,10-14H,6-9H2,1-2H3,(H,25,26,27);6-7H,3-5H2,1-2H3. The summed E-state index contributed by atoms with van der Waals surface area (Å²) in [5.74, 6) is 1.95. The van der Waals surface area contributed by atoms with E-state index in [1.807, 2.05) is 19.1 Å². The van der Waals surface area contributed by atoms with Gasteiger partial charge in [-0.3, -0.25) is 0 Å². The molecule has 1 atom stereocenters. The molecule has 1 fully saturated rings. The summed E-state index contributed by atoms with van der Waals surface area (Å²) in [6, 6.07) is 8.47. The van der Waals surface area contributed by atoms with Gasteiger partial charge in [-0.05, 0) is 62.6 Å². The lowest BCUT2D eigenvalue weighted by atomic mass is 9.89. The van der Waals surface area contributed by atoms with E-state index in [-0.39, 0.29) is 22.9 Å². The number of anilines is 2. The normalized spacial score (nSPS) is 18.2. The van der Waals surface area contributed by atoms with Crippen LogP contribution in [0.2, 0.25) is 5.02 Å². The number of benzene rings is 2. The summed E-state index contributed by atoms with van der Waals surface area (Å²) in [6.07, 6.45) is 8.83. The van der Waals surface area contributed by atoms with Gasteiger partial charge in [0.2, 0.25) is 0 Å². The number of hydrogen-bond acceptors (Lipinski definition) is 6. The molecule has 1 aliphatic rings. The van der Waals surface area contributed by atoms with Crippen molar-refractivity contribution in [2.75, 3.05) is 12.4 Å². The van der Waals surface area contributed by atoms with E-state index in [1.54, 1.807) is 19.2 Å². The molecule has 36 heavy (non-hydrogen) atoms. The number of aliphatic hydroxyl groups is 1. The third-order valence-corrected chi connectivity index (χ3v) is 6.77. The Morgan fingerprint density at radius 1 is 1.14 bits per heavy atom. The molecule has 0 aliphatic heterocycles. The van der Waals surface area contributed by atoms with Gasteiger partial charge in [0, 0.05) is 11.5 Å². The number of aliphatic hydroxyl groups excluding tert-OH is 1. The van der Waals surface area contributed by atoms with Gasteiger partial charge < -0.3 is 19.9 Å². The highest BCUT2D eigenvalue weighted by Gasteiger charge is 2.22. The van der Waals surface area contributed by atoms with Crippen LogP contribution in [-0.4, -0.2) is 34.4 Å². The van der Waals surface area contributed by atoms with Crippen LogP contribution >= 0.6 is 11.6 Å². The molecule has 1 aromatic heterocycles. The Kier molecular flexibility index (Phi) is 10.6. The largest absolute Gasteiger partial charge is 0.493 e. The number of nitrogens with one attached hydrogen (secondary N) is 1. The van der Waals surface area contributed by atoms with Crippen molar-refractivity contribution in [3.05, 3.63) is 47.5 Å². The van der Waals surface area contributed by atoms with Crippen LogP contribution in [0.1, 0.15) is 65.7 Å². The molecule has 1 saturated carbocycles. The zero-order valence-corrected chi connectivity index (χ0v) is 22.3. The SMILES string of the molecule is CCCC(O)CC.COc1cc2ncnc(Nc3cccc(Cl)c3F)c2cc1OC1CCC(C)CC1. The summed E-state index contributed by atoms with van der Waals surface area (Å²) >= 11 is 5.90. The molecule has 3 aromatic rings. The van der Waals surface area contributed by atoms with Gasteiger partial charge in [-0.1, -0.05) is 44.9 Å². The highest BCUT2D eigenvalue weighted by atomic mass is 35.5. The minimum atomic E-state index is -0.526. The first-order chi connectivity index (χ1) is 17.4. The van der Waals surface area contributed by atoms with E-state index >= 15 is 0 Å². The number of hydrogen-bond donors (Lipinski definition) is 2. The number of halogens is 2. The van der Waals surface area contributed by atoms with Gasteiger partial charge in [-0.15, -0.1) is 0 Å². The summed E-state index contributed by atoms with van der Waals surface area (Å²) < 4.78 is 26.1. The third-order valence-electron chi connectivity index (χ3n) is 6.48. The smallest absolute Gasteiger partial charge is 0.165 e. The first-order valence-electron chi connectivity index (χ1n) is 12.7. The summed E-state index contributed by atoms with van der Waals surface area (Å²) in [6.45, 7) is 6.36. The maximum Gasteiger partial charge on any atom is 0.165 e. The molecular formula is C28H37ClFN3O3. The highest BCUT2D eigenvalue weighted by molar-refractivity contribution is 6.31. The Morgan fingerprint density at radius 3 is 2.53 bits per heavy atom. The maximum absolute atomic E-state index is 14.3. The first-order valence-corrected chi connectivity index (χ1v) is 13.1. The van der Waals surface area contributed by atoms with Gasteiger partial charge >= 0.3 is 0 Å². The quantitative estimate of drug-likeness (QED) is 0.319. The van der Waals surface area contributed by atoms with Crippen molar-refractivity contribution in [1.82, 2.24) is 9.97 Å². The Hall–Kier alpha value is -2.64. The molecule has 0 amide bonds. The van der Waals surface area contributed by atoms with Crippen molar-refractivity contribution in [3.8, 4) is 11.5 Å². The molecule has 8 heteroatoms. The lowest BCUT2D eigenvalue weighted by Crippen LogP contribution is -2.23. The van der Waals surface area contributed by atoms with Crippen LogP contribution in [-0.2, 0) is 0 Å². The van der Waals surface area contributed by atoms with Crippen molar-refractivity contribution in [1.29, 1.82) is 0 Å². The van der Waals surface area contributed by atoms with Gasteiger partial charge in [-0.25, -0.2) is 14.4 Å². The number of nitrogens with zero attached hydrogens (tertiary/aromatic N) is 2. The lowest BCUT2D eigenvalue weighted by Gasteiger charge is -2.27. The molecule has 0 spiro atoms. The molecule has 1 aliphatic carbocycles. The Balaban J connectivity index is 0.000000454. The van der Waals surface area contributed by atoms with E-state index in [0.29, 0.717) is 28.2 Å². The van der Waals surface area contributed by atoms with Gasteiger partial charge in [0.15, 0.2) is 17.3 Å². The van der Waals surface area contributed by atoms with Crippen LogP contribution in [0.15, 0.2) is 36.7 Å². The Morgan fingerprint density at radius 2 is 1.89 bits per heavy atom. The second-order valence-corrected chi connectivity index (χ2v) is 9.73. The minimum absolute atomic E-state index is 0.0468. The summed E-state index contributed by atoms with van der Waals surface area (Å²) in [7, 11) is 1.61. The fraction of sp³-hybridized carbons (Fsp3) is 0.500. The second-order valence-electron chi connectivity index (χ2n) is 9.32. The molecule has 0 saturated heterocycles. The fourth-order valence-corrected chi connectivity index (χ4v) is 4.38. The minimum Gasteiger partial charge on any atom is -0.493 e. The van der Waals surface area contributed by atoms with Crippen LogP contribution in [0.4, 0.5) is 15.9 Å². The van der Waals surface area contributed by atoms with E-state index < -0.39 is 5.82 Å². The zero-order chi connectivity index (χ0) is 26.1. The fourth-order valence-electron chi connectivity index (χ4n) is 4.21. The van der Waals surface area contributed by atoms with E-state index in [1.165, 1.54) is 12.4 Å². The van der Waals surface area contributed by atoms with Crippen molar-refractivity contribution >= 4 is 34.0 Å². The second kappa shape index (κ2) is 13.6. The van der Waals surface area contributed by atoms with Gasteiger partial charge in [0.05, 0.1) is 35.5 Å². The molecular weight excluding hydrogens is 481 g/mol. The molecule has 0 bridgehead atoms. The van der Waals surface area contributed by atoms with E-state index in [2.05, 4.69) is 29.1 Å². The molecule has 6 nitrogen and oxygen atoms in total. The van der Waals surface area contributed by atoms with Crippen LogP contribution in [0.5, 0.6) is 11.5 Å². The van der Waals surface area contributed by atoms with Crippen molar-refractivity contribution in [2.45, 2.75) is 77.9 Å². The first kappa shape index (κ1) is 27.9. The van der Waals surface area contributed by atoms with Crippen molar-refractivity contribution < 1.29 is 19.0 Å². The van der Waals surface area contributed by atoms with E-state index in [4.69, 9.17) is 26.2 Å². The van der Waals surface area contributed by atoms with Crippen molar-refractivity contribution in [3.63, 3.8) is 0 Å². The number of fused-ring (bicyclic) bond motifs is 1. The van der Waals surface area contributed by atoms with E-state index in [0.717, 1.165) is 50.9 Å². The molecule has 0 radical (unpaired) electrons. The predicted octanol–water partition coefficient (Wildman–Crippen LogP) is 7.69. The summed E-state index contributed by atoms with van der Waals surface area (Å²) in [4.78, 5) is 8.62. The number of methoxy groups -OCH3 is 1. The number of ether oxygens (including phenoxy) is 2. The molecule has 1 unspecified atom stereocenters. The van der Waals surface area contributed by atoms with Crippen LogP contribution in [0.3, 0.4) is 0 Å². The topological polar surface area (TPSA) is 76.5 Å². The number of rotatable bonds is 8. The number of aromatic nitrogens is 2. The van der Waals surface area contributed by atoms with Crippen molar-refractivity contribution in [2.24, 2.45) is 5.92 Å². The predicted molar refractivity (Wildman–Crippen MR) is 144 cm³/mol. The zero-order valence-electron chi connectivity index (χ0n) is 21.6. The molecule has 2 aromatic carbocycles. The molecule has 4 rings (SSSR count). The van der Waals surface area contributed by atoms with Gasteiger partial charge in [0.1, 0.15) is 12.1 Å². The maximum atomic E-state index is 14.3. The van der Waals surface area contributed by atoms with Crippen LogP contribution in [0, 0.1) is 11.7 Å². The van der Waals surface area contributed by atoms with Crippen LogP contribution in [0.25, 0.3) is 10.9 Å². The monoisotopic (exact) mass is 517 g/mol. The highest BCUT2D eigenvalue weighted by Crippen LogP contribution is 2.37. The van der Waals surface area contributed by atoms with Gasteiger partial charge in [-0.2, -0.15) is 0 Å². The van der Waals surface area contributed by atoms with Crippen LogP contribution < -0.4 is 14.8 Å². The molecule has 196 valence electrons. The molecule has 1 heterocycles. The summed E-state index contributed by atoms with van der Waals surface area (Å²) in [5.41, 5.74) is 0.920. The Labute approximate surface area is 218 Å². The molecule has 2 N–H and O–H groups in total. The summed E-state index contributed by atoms with van der Waals surface area (Å²) in [5, 5.41) is 12.6. The third kappa shape index (κ3) is 7.43. The Bertz CT molecular complexity index is 1120. The lowest BCUT2D eigenvalue weighted by molar-refractivity contribution is 0.131. The van der Waals surface area contributed by atoms with E-state index in [9.17, 15) is 4.39 Å².